The van der Waals surface area contributed by atoms with Gasteiger partial charge in [-0.25, -0.2) is 4.98 Å². The van der Waals surface area contributed by atoms with E-state index in [-0.39, 0.29) is 10.6 Å². The van der Waals surface area contributed by atoms with Crippen molar-refractivity contribution in [2.75, 3.05) is 23.7 Å². The molecule has 0 aromatic carbocycles. The molecule has 1 fully saturated rings. The summed E-state index contributed by atoms with van der Waals surface area (Å²) in [5.74, 6) is 1.98. The van der Waals surface area contributed by atoms with Crippen molar-refractivity contribution < 1.29 is 5.21 Å². The SMILES string of the molecule is Cc1ccnc(N2CCSC(C)(C)C2)c1/C(N)=N/O. The predicted octanol–water partition coefficient (Wildman–Crippen LogP) is 1.82. The standard InChI is InChI=1S/C13H20N4OS/c1-9-4-5-15-12(10(9)11(14)16-18)17-6-7-19-13(2,3)8-17/h4-5,18H,6-8H2,1-3H3,(H2,14,16). The minimum absolute atomic E-state index is 0.122. The van der Waals surface area contributed by atoms with Crippen molar-refractivity contribution in [3.05, 3.63) is 23.4 Å². The molecule has 0 spiro atoms. The minimum atomic E-state index is 0.122. The highest BCUT2D eigenvalue weighted by Crippen LogP contribution is 2.33. The van der Waals surface area contributed by atoms with E-state index >= 15 is 0 Å². The fourth-order valence-electron chi connectivity index (χ4n) is 2.35. The Balaban J connectivity index is 2.42. The molecule has 2 heterocycles. The second-order valence-corrected chi connectivity index (χ2v) is 7.14. The van der Waals surface area contributed by atoms with Crippen LogP contribution in [0.5, 0.6) is 0 Å². The van der Waals surface area contributed by atoms with Gasteiger partial charge in [0.05, 0.1) is 5.56 Å². The lowest BCUT2D eigenvalue weighted by Crippen LogP contribution is -2.44. The summed E-state index contributed by atoms with van der Waals surface area (Å²) in [4.78, 5) is 6.66. The summed E-state index contributed by atoms with van der Waals surface area (Å²) in [6.07, 6.45) is 1.77. The first-order chi connectivity index (χ1) is 8.94. The Morgan fingerprint density at radius 3 is 2.95 bits per heavy atom. The van der Waals surface area contributed by atoms with E-state index in [9.17, 15) is 0 Å². The van der Waals surface area contributed by atoms with Crippen LogP contribution in [0.1, 0.15) is 25.0 Å². The summed E-state index contributed by atoms with van der Waals surface area (Å²) < 4.78 is 0.187. The fraction of sp³-hybridized carbons (Fsp3) is 0.538. The second-order valence-electron chi connectivity index (χ2n) is 5.34. The Morgan fingerprint density at radius 1 is 1.58 bits per heavy atom. The van der Waals surface area contributed by atoms with Crippen LogP contribution in [-0.2, 0) is 0 Å². The van der Waals surface area contributed by atoms with Gasteiger partial charge in [-0.1, -0.05) is 5.16 Å². The second kappa shape index (κ2) is 5.28. The van der Waals surface area contributed by atoms with Crippen molar-refractivity contribution in [2.24, 2.45) is 10.9 Å². The largest absolute Gasteiger partial charge is 0.409 e. The van der Waals surface area contributed by atoms with Gasteiger partial charge in [0, 0.05) is 29.8 Å². The van der Waals surface area contributed by atoms with Gasteiger partial charge >= 0.3 is 0 Å². The van der Waals surface area contributed by atoms with Gasteiger partial charge in [0.2, 0.25) is 0 Å². The topological polar surface area (TPSA) is 74.7 Å². The highest BCUT2D eigenvalue weighted by molar-refractivity contribution is 8.00. The molecule has 1 aliphatic heterocycles. The fourth-order valence-corrected chi connectivity index (χ4v) is 3.46. The Labute approximate surface area is 117 Å². The lowest BCUT2D eigenvalue weighted by molar-refractivity contribution is 0.318. The summed E-state index contributed by atoms with van der Waals surface area (Å²) in [7, 11) is 0. The predicted molar refractivity (Wildman–Crippen MR) is 80.2 cm³/mol. The van der Waals surface area contributed by atoms with Crippen molar-refractivity contribution in [3.63, 3.8) is 0 Å². The first-order valence-electron chi connectivity index (χ1n) is 6.27. The molecular formula is C13H20N4OS. The van der Waals surface area contributed by atoms with Crippen molar-refractivity contribution in [1.82, 2.24) is 4.98 Å². The van der Waals surface area contributed by atoms with Gasteiger partial charge in [-0.15, -0.1) is 0 Å². The number of pyridine rings is 1. The van der Waals surface area contributed by atoms with E-state index in [4.69, 9.17) is 10.9 Å². The molecule has 0 bridgehead atoms. The molecule has 3 N–H and O–H groups in total. The van der Waals surface area contributed by atoms with E-state index in [1.165, 1.54) is 0 Å². The van der Waals surface area contributed by atoms with Gasteiger partial charge < -0.3 is 15.8 Å². The van der Waals surface area contributed by atoms with Crippen LogP contribution in [-0.4, -0.2) is 39.6 Å². The van der Waals surface area contributed by atoms with E-state index in [0.717, 1.165) is 35.8 Å². The quantitative estimate of drug-likeness (QED) is 0.374. The number of aryl methyl sites for hydroxylation is 1. The first-order valence-corrected chi connectivity index (χ1v) is 7.25. The molecule has 19 heavy (non-hydrogen) atoms. The highest BCUT2D eigenvalue weighted by atomic mass is 32.2. The Morgan fingerprint density at radius 2 is 2.32 bits per heavy atom. The van der Waals surface area contributed by atoms with Crippen LogP contribution in [0.3, 0.4) is 0 Å². The summed E-state index contributed by atoms with van der Waals surface area (Å²) in [5, 5.41) is 12.1. The van der Waals surface area contributed by atoms with Crippen molar-refractivity contribution in [3.8, 4) is 0 Å². The summed E-state index contributed by atoms with van der Waals surface area (Å²) >= 11 is 1.96. The summed E-state index contributed by atoms with van der Waals surface area (Å²) in [6.45, 7) is 8.23. The van der Waals surface area contributed by atoms with Crippen LogP contribution >= 0.6 is 11.8 Å². The lowest BCUT2D eigenvalue weighted by Gasteiger charge is -2.39. The number of rotatable bonds is 2. The van der Waals surface area contributed by atoms with Gasteiger partial charge in [-0.2, -0.15) is 11.8 Å². The number of nitrogens with zero attached hydrogens (tertiary/aromatic N) is 3. The van der Waals surface area contributed by atoms with E-state index in [1.54, 1.807) is 6.20 Å². The average Bonchev–Trinajstić information content (AvgIpc) is 2.36. The highest BCUT2D eigenvalue weighted by Gasteiger charge is 2.29. The molecule has 0 unspecified atom stereocenters. The molecule has 0 saturated carbocycles. The Bertz CT molecular complexity index is 501. The molecular weight excluding hydrogens is 260 g/mol. The van der Waals surface area contributed by atoms with Crippen LogP contribution in [0.25, 0.3) is 0 Å². The minimum Gasteiger partial charge on any atom is -0.409 e. The maximum atomic E-state index is 8.95. The lowest BCUT2D eigenvalue weighted by atomic mass is 10.1. The van der Waals surface area contributed by atoms with Gasteiger partial charge in [-0.3, -0.25) is 0 Å². The van der Waals surface area contributed by atoms with Crippen LogP contribution in [0.2, 0.25) is 0 Å². The monoisotopic (exact) mass is 280 g/mol. The Kier molecular flexibility index (Phi) is 3.89. The van der Waals surface area contributed by atoms with Crippen molar-refractivity contribution in [1.29, 1.82) is 0 Å². The van der Waals surface area contributed by atoms with Gasteiger partial charge in [0.15, 0.2) is 5.84 Å². The number of aromatic nitrogens is 1. The number of nitrogens with two attached hydrogens (primary N) is 1. The summed E-state index contributed by atoms with van der Waals surface area (Å²) in [6, 6.07) is 1.88. The van der Waals surface area contributed by atoms with Crippen LogP contribution < -0.4 is 10.6 Å². The molecule has 0 amide bonds. The number of hydrogen-bond acceptors (Lipinski definition) is 5. The van der Waals surface area contributed by atoms with E-state index in [1.807, 2.05) is 24.8 Å². The third-order valence-corrected chi connectivity index (χ3v) is 4.53. The van der Waals surface area contributed by atoms with Crippen LogP contribution in [0, 0.1) is 6.92 Å². The van der Waals surface area contributed by atoms with E-state index < -0.39 is 0 Å². The molecule has 2 rings (SSSR count). The zero-order valence-corrected chi connectivity index (χ0v) is 12.4. The maximum Gasteiger partial charge on any atom is 0.174 e. The molecule has 0 atom stereocenters. The van der Waals surface area contributed by atoms with Gasteiger partial charge in [0.1, 0.15) is 5.82 Å². The molecule has 1 aromatic rings. The zero-order chi connectivity index (χ0) is 14.0. The number of thioether (sulfide) groups is 1. The average molecular weight is 280 g/mol. The smallest absolute Gasteiger partial charge is 0.174 e. The number of anilines is 1. The summed E-state index contributed by atoms with van der Waals surface area (Å²) in [5.41, 5.74) is 7.50. The van der Waals surface area contributed by atoms with Gasteiger partial charge in [0.25, 0.3) is 0 Å². The Hall–Kier alpha value is -1.43. The van der Waals surface area contributed by atoms with Crippen LogP contribution in [0.4, 0.5) is 5.82 Å². The molecule has 5 nitrogen and oxygen atoms in total. The molecule has 104 valence electrons. The van der Waals surface area contributed by atoms with E-state index in [2.05, 4.69) is 28.9 Å². The molecule has 0 aliphatic carbocycles. The molecule has 1 aliphatic rings. The molecule has 1 aromatic heterocycles. The number of hydrogen-bond donors (Lipinski definition) is 2. The third kappa shape index (κ3) is 2.94. The van der Waals surface area contributed by atoms with Crippen molar-refractivity contribution in [2.45, 2.75) is 25.5 Å². The van der Waals surface area contributed by atoms with E-state index in [0.29, 0.717) is 0 Å². The molecule has 1 saturated heterocycles. The number of amidine groups is 1. The zero-order valence-electron chi connectivity index (χ0n) is 11.6. The third-order valence-electron chi connectivity index (χ3n) is 3.23. The molecule has 6 heteroatoms. The maximum absolute atomic E-state index is 8.95. The number of oxime groups is 1. The van der Waals surface area contributed by atoms with Crippen molar-refractivity contribution >= 4 is 23.4 Å². The van der Waals surface area contributed by atoms with Gasteiger partial charge in [-0.05, 0) is 32.4 Å². The normalized spacial score (nSPS) is 19.5. The molecule has 0 radical (unpaired) electrons. The first kappa shape index (κ1) is 14.0. The van der Waals surface area contributed by atoms with Crippen LogP contribution in [0.15, 0.2) is 17.4 Å².